The van der Waals surface area contributed by atoms with Crippen molar-refractivity contribution in [3.8, 4) is 16.9 Å². The van der Waals surface area contributed by atoms with Crippen LogP contribution in [0.4, 0.5) is 4.39 Å². The summed E-state index contributed by atoms with van der Waals surface area (Å²) in [6.07, 6.45) is 3.02. The van der Waals surface area contributed by atoms with Gasteiger partial charge in [-0.1, -0.05) is 0 Å². The zero-order valence-corrected chi connectivity index (χ0v) is 10.0. The second-order valence-electron chi connectivity index (χ2n) is 3.07. The first kappa shape index (κ1) is 11.0. The van der Waals surface area contributed by atoms with Crippen LogP contribution in [-0.4, -0.2) is 17.1 Å². The number of benzene rings is 1. The molecule has 2 rings (SSSR count). The molecule has 3 nitrogen and oxygen atoms in total. The average molecular weight is 283 g/mol. The van der Waals surface area contributed by atoms with Crippen molar-refractivity contribution in [2.24, 2.45) is 0 Å². The fourth-order valence-electron chi connectivity index (χ4n) is 1.39. The fourth-order valence-corrected chi connectivity index (χ4v) is 1.79. The number of methoxy groups -OCH3 is 1. The van der Waals surface area contributed by atoms with Crippen LogP contribution in [0.2, 0.25) is 0 Å². The molecule has 0 fully saturated rings. The van der Waals surface area contributed by atoms with Crippen LogP contribution in [0, 0.1) is 5.82 Å². The van der Waals surface area contributed by atoms with Gasteiger partial charge in [0.05, 0.1) is 7.11 Å². The summed E-state index contributed by atoms with van der Waals surface area (Å²) in [5.41, 5.74) is 1.31. The molecule has 2 aromatic rings. The Morgan fingerprint density at radius 2 is 2.12 bits per heavy atom. The van der Waals surface area contributed by atoms with E-state index >= 15 is 0 Å². The third kappa shape index (κ3) is 2.04. The molecule has 0 N–H and O–H groups in total. The fraction of sp³-hybridized carbons (Fsp3) is 0.0909. The quantitative estimate of drug-likeness (QED) is 0.794. The number of ether oxygens (including phenoxy) is 1. The summed E-state index contributed by atoms with van der Waals surface area (Å²) in [5, 5.41) is 0. The molecule has 0 aliphatic carbocycles. The molecule has 0 saturated heterocycles. The van der Waals surface area contributed by atoms with Gasteiger partial charge in [0.2, 0.25) is 0 Å². The molecule has 1 aromatic heterocycles. The molecule has 82 valence electrons. The maximum absolute atomic E-state index is 13.2. The highest BCUT2D eigenvalue weighted by atomic mass is 79.9. The average Bonchev–Trinajstić information content (AvgIpc) is 2.29. The lowest BCUT2D eigenvalue weighted by Gasteiger charge is -2.09. The Hall–Kier alpha value is -1.49. The predicted octanol–water partition coefficient (Wildman–Crippen LogP) is 3.05. The van der Waals surface area contributed by atoms with Crippen molar-refractivity contribution < 1.29 is 9.13 Å². The summed E-state index contributed by atoms with van der Waals surface area (Å²) in [6.45, 7) is 0. The molecular formula is C11H8BrFN2O. The van der Waals surface area contributed by atoms with Crippen molar-refractivity contribution >= 4 is 15.9 Å². The summed E-state index contributed by atoms with van der Waals surface area (Å²) in [7, 11) is 1.54. The molecule has 0 amide bonds. The Balaban J connectivity index is 2.63. The van der Waals surface area contributed by atoms with Crippen LogP contribution >= 0.6 is 15.9 Å². The van der Waals surface area contributed by atoms with Crippen LogP contribution in [0.3, 0.4) is 0 Å². The van der Waals surface area contributed by atoms with E-state index in [4.69, 9.17) is 4.74 Å². The SMILES string of the molecule is COc1ccc(F)cc1-c1cncnc1Br. The van der Waals surface area contributed by atoms with E-state index in [-0.39, 0.29) is 5.82 Å². The predicted molar refractivity (Wildman–Crippen MR) is 61.7 cm³/mol. The van der Waals surface area contributed by atoms with Gasteiger partial charge in [-0.3, -0.25) is 0 Å². The minimum atomic E-state index is -0.327. The van der Waals surface area contributed by atoms with Gasteiger partial charge in [0.25, 0.3) is 0 Å². The van der Waals surface area contributed by atoms with Crippen molar-refractivity contribution in [3.05, 3.63) is 41.1 Å². The number of aromatic nitrogens is 2. The van der Waals surface area contributed by atoms with E-state index in [0.29, 0.717) is 21.5 Å². The molecule has 0 spiro atoms. The third-order valence-corrected chi connectivity index (χ3v) is 2.75. The Labute approximate surface area is 100 Å². The van der Waals surface area contributed by atoms with Crippen LogP contribution in [0.1, 0.15) is 0 Å². The first-order valence-electron chi connectivity index (χ1n) is 4.52. The summed E-state index contributed by atoms with van der Waals surface area (Å²) >= 11 is 3.29. The van der Waals surface area contributed by atoms with Crippen LogP contribution < -0.4 is 4.74 Å². The minimum absolute atomic E-state index is 0.327. The molecular weight excluding hydrogens is 275 g/mol. The normalized spacial score (nSPS) is 10.2. The Morgan fingerprint density at radius 3 is 2.81 bits per heavy atom. The Morgan fingerprint density at radius 1 is 1.31 bits per heavy atom. The topological polar surface area (TPSA) is 35.0 Å². The van der Waals surface area contributed by atoms with Gasteiger partial charge in [0.1, 0.15) is 22.5 Å². The maximum atomic E-state index is 13.2. The molecule has 0 aliphatic rings. The number of nitrogens with zero attached hydrogens (tertiary/aromatic N) is 2. The van der Waals surface area contributed by atoms with Gasteiger partial charge in [-0.15, -0.1) is 0 Å². The number of hydrogen-bond acceptors (Lipinski definition) is 3. The van der Waals surface area contributed by atoms with E-state index in [1.165, 1.54) is 25.6 Å². The van der Waals surface area contributed by atoms with Crippen molar-refractivity contribution in [1.82, 2.24) is 9.97 Å². The van der Waals surface area contributed by atoms with Gasteiger partial charge in [0.15, 0.2) is 0 Å². The lowest BCUT2D eigenvalue weighted by Crippen LogP contribution is -1.92. The van der Waals surface area contributed by atoms with Gasteiger partial charge >= 0.3 is 0 Å². The van der Waals surface area contributed by atoms with E-state index < -0.39 is 0 Å². The molecule has 0 radical (unpaired) electrons. The summed E-state index contributed by atoms with van der Waals surface area (Å²) < 4.78 is 19.0. The second-order valence-corrected chi connectivity index (χ2v) is 3.82. The van der Waals surface area contributed by atoms with E-state index in [9.17, 15) is 4.39 Å². The van der Waals surface area contributed by atoms with E-state index in [0.717, 1.165) is 0 Å². The molecule has 0 saturated carbocycles. The first-order valence-corrected chi connectivity index (χ1v) is 5.31. The van der Waals surface area contributed by atoms with E-state index in [1.54, 1.807) is 12.3 Å². The second kappa shape index (κ2) is 4.57. The molecule has 0 bridgehead atoms. The van der Waals surface area contributed by atoms with Crippen LogP contribution in [-0.2, 0) is 0 Å². The molecule has 16 heavy (non-hydrogen) atoms. The lowest BCUT2D eigenvalue weighted by molar-refractivity contribution is 0.415. The summed E-state index contributed by atoms with van der Waals surface area (Å²) in [5.74, 6) is 0.253. The minimum Gasteiger partial charge on any atom is -0.496 e. The first-order chi connectivity index (χ1) is 7.72. The van der Waals surface area contributed by atoms with E-state index in [1.807, 2.05) is 0 Å². The summed E-state index contributed by atoms with van der Waals surface area (Å²) in [6, 6.07) is 4.31. The number of rotatable bonds is 2. The standard InChI is InChI=1S/C11H8BrFN2O/c1-16-10-3-2-7(13)4-8(10)9-5-14-6-15-11(9)12/h2-6H,1H3. The van der Waals surface area contributed by atoms with Gasteiger partial charge < -0.3 is 4.74 Å². The maximum Gasteiger partial charge on any atom is 0.127 e. The Kier molecular flexibility index (Phi) is 3.14. The van der Waals surface area contributed by atoms with Crippen molar-refractivity contribution in [1.29, 1.82) is 0 Å². The smallest absolute Gasteiger partial charge is 0.127 e. The largest absolute Gasteiger partial charge is 0.496 e. The van der Waals surface area contributed by atoms with E-state index in [2.05, 4.69) is 25.9 Å². The molecule has 0 aliphatic heterocycles. The van der Waals surface area contributed by atoms with Gasteiger partial charge in [-0.2, -0.15) is 0 Å². The van der Waals surface area contributed by atoms with Crippen LogP contribution in [0.25, 0.3) is 11.1 Å². The zero-order chi connectivity index (χ0) is 11.5. The van der Waals surface area contributed by atoms with Crippen LogP contribution in [0.15, 0.2) is 35.3 Å². The van der Waals surface area contributed by atoms with Gasteiger partial charge in [-0.05, 0) is 34.1 Å². The molecule has 0 unspecified atom stereocenters. The number of hydrogen-bond donors (Lipinski definition) is 0. The van der Waals surface area contributed by atoms with Crippen molar-refractivity contribution in [2.75, 3.05) is 7.11 Å². The monoisotopic (exact) mass is 282 g/mol. The third-order valence-electron chi connectivity index (χ3n) is 2.12. The number of halogens is 2. The highest BCUT2D eigenvalue weighted by Crippen LogP contribution is 2.33. The van der Waals surface area contributed by atoms with Crippen molar-refractivity contribution in [3.63, 3.8) is 0 Å². The summed E-state index contributed by atoms with van der Waals surface area (Å²) in [4.78, 5) is 7.90. The van der Waals surface area contributed by atoms with Crippen molar-refractivity contribution in [2.45, 2.75) is 0 Å². The molecule has 1 aromatic carbocycles. The zero-order valence-electron chi connectivity index (χ0n) is 8.45. The lowest BCUT2D eigenvalue weighted by atomic mass is 10.1. The molecule has 5 heteroatoms. The molecule has 1 heterocycles. The van der Waals surface area contributed by atoms with Crippen LogP contribution in [0.5, 0.6) is 5.75 Å². The Bertz CT molecular complexity index is 519. The van der Waals surface area contributed by atoms with Gasteiger partial charge in [-0.25, -0.2) is 14.4 Å². The molecule has 0 atom stereocenters. The highest BCUT2D eigenvalue weighted by Gasteiger charge is 2.11. The highest BCUT2D eigenvalue weighted by molar-refractivity contribution is 9.10. The van der Waals surface area contributed by atoms with Gasteiger partial charge in [0, 0.05) is 17.3 Å².